The summed E-state index contributed by atoms with van der Waals surface area (Å²) in [4.78, 5) is 0. The fourth-order valence-electron chi connectivity index (χ4n) is 3.75. The molecule has 5 rings (SSSR count). The number of hydrogen-bond donors (Lipinski definition) is 2. The third kappa shape index (κ3) is 3.44. The van der Waals surface area contributed by atoms with Crippen molar-refractivity contribution in [1.29, 1.82) is 0 Å². The van der Waals surface area contributed by atoms with Gasteiger partial charge in [-0.05, 0) is 47.4 Å². The van der Waals surface area contributed by atoms with Gasteiger partial charge in [0, 0.05) is 16.5 Å². The van der Waals surface area contributed by atoms with Crippen LogP contribution in [-0.2, 0) is 0 Å². The topological polar surface area (TPSA) is 45.4 Å². The Kier molecular flexibility index (Phi) is 5.21. The molecule has 0 unspecified atom stereocenters. The maximum atomic E-state index is 9.55. The molecule has 0 bridgehead atoms. The van der Waals surface area contributed by atoms with Crippen LogP contribution in [0.2, 0.25) is 0 Å². The second kappa shape index (κ2) is 7.96. The maximum absolute atomic E-state index is 9.55. The van der Waals surface area contributed by atoms with E-state index in [0.29, 0.717) is 5.46 Å². The van der Waals surface area contributed by atoms with E-state index in [0.717, 1.165) is 27.5 Å². The maximum Gasteiger partial charge on any atom is 0.488 e. The quantitative estimate of drug-likeness (QED) is 0.342. The molecule has 0 spiro atoms. The van der Waals surface area contributed by atoms with Crippen LogP contribution in [0, 0.1) is 0 Å². The molecule has 0 aliphatic heterocycles. The molecule has 1 heterocycles. The number of nitrogens with zero attached hydrogens (tertiary/aromatic N) is 1. The summed E-state index contributed by atoms with van der Waals surface area (Å²) >= 11 is 0. The predicted octanol–water partition coefficient (Wildman–Crippen LogP) is 4.81. The summed E-state index contributed by atoms with van der Waals surface area (Å²) in [7, 11) is -1.47. The van der Waals surface area contributed by atoms with Crippen LogP contribution in [0.1, 0.15) is 6.92 Å². The summed E-state index contributed by atoms with van der Waals surface area (Å²) in [6, 6.07) is 28.6. The van der Waals surface area contributed by atoms with E-state index in [1.807, 2.05) is 43.3 Å². The third-order valence-electron chi connectivity index (χ3n) is 4.99. The molecule has 0 amide bonds. The first kappa shape index (κ1) is 19.0. The molecule has 0 saturated heterocycles. The number of hydrogen-bond acceptors (Lipinski definition) is 2. The Balaban J connectivity index is 0.000000645. The Hall–Kier alpha value is -3.34. The number of para-hydroxylation sites is 1. The lowest BCUT2D eigenvalue weighted by molar-refractivity contribution is 0.426. The van der Waals surface area contributed by atoms with Crippen LogP contribution >= 0.6 is 0 Å². The molecular weight excluding hydrogens is 357 g/mol. The largest absolute Gasteiger partial charge is 0.488 e. The Bertz CT molecular complexity index is 1320. The summed E-state index contributed by atoms with van der Waals surface area (Å²) < 4.78 is 2.23. The van der Waals surface area contributed by atoms with Crippen LogP contribution in [0.25, 0.3) is 38.3 Å². The van der Waals surface area contributed by atoms with Crippen molar-refractivity contribution in [2.45, 2.75) is 6.92 Å². The minimum absolute atomic E-state index is 0.499. The molecule has 5 aromatic rings. The fraction of sp³-hybridized carbons (Fsp3) is 0.0400. The van der Waals surface area contributed by atoms with Crippen LogP contribution in [-0.4, -0.2) is 21.7 Å². The smallest absolute Gasteiger partial charge is 0.423 e. The first-order chi connectivity index (χ1) is 14.1. The molecule has 0 aliphatic rings. The number of benzene rings is 4. The van der Waals surface area contributed by atoms with Gasteiger partial charge in [0.15, 0.2) is 0 Å². The van der Waals surface area contributed by atoms with Gasteiger partial charge in [-0.3, -0.25) is 0 Å². The molecule has 4 heteroatoms. The second-order valence-electron chi connectivity index (χ2n) is 6.94. The lowest BCUT2D eigenvalue weighted by Gasteiger charge is -2.09. The summed E-state index contributed by atoms with van der Waals surface area (Å²) in [5.41, 5.74) is 3.74. The average Bonchev–Trinajstić information content (AvgIpc) is 3.07. The van der Waals surface area contributed by atoms with E-state index in [-0.39, 0.29) is 0 Å². The van der Waals surface area contributed by atoms with E-state index in [4.69, 9.17) is 0 Å². The number of aromatic nitrogens is 1. The van der Waals surface area contributed by atoms with Crippen LogP contribution in [0.15, 0.2) is 97.6 Å². The Labute approximate surface area is 170 Å². The van der Waals surface area contributed by atoms with Gasteiger partial charge >= 0.3 is 7.12 Å². The molecule has 3 nitrogen and oxygen atoms in total. The number of allylic oxidation sites excluding steroid dienone is 1. The zero-order valence-corrected chi connectivity index (χ0v) is 16.3. The molecule has 142 valence electrons. The standard InChI is InChI=1S/C22H16BNO2.C3H6/c25-23(26)17-10-12-22-20(14-17)19-7-3-4-8-21(19)24(22)18-11-9-15-5-1-2-6-16(15)13-18;1-3-2/h1-14,25-26H;3H,1H2,2H3. The summed E-state index contributed by atoms with van der Waals surface area (Å²) in [5, 5.41) is 23.6. The molecule has 0 aliphatic carbocycles. The van der Waals surface area contributed by atoms with Crippen LogP contribution in [0.4, 0.5) is 0 Å². The van der Waals surface area contributed by atoms with Gasteiger partial charge in [0.1, 0.15) is 0 Å². The SMILES string of the molecule is C=CC.OB(O)c1ccc2c(c1)c1ccccc1n2-c1ccc2ccccc2c1. The second-order valence-corrected chi connectivity index (χ2v) is 6.94. The van der Waals surface area contributed by atoms with E-state index in [9.17, 15) is 10.0 Å². The Morgan fingerprint density at radius 3 is 2.17 bits per heavy atom. The van der Waals surface area contributed by atoms with Crippen LogP contribution in [0.5, 0.6) is 0 Å². The fourth-order valence-corrected chi connectivity index (χ4v) is 3.75. The van der Waals surface area contributed by atoms with E-state index < -0.39 is 7.12 Å². The van der Waals surface area contributed by atoms with Crippen LogP contribution < -0.4 is 5.46 Å². The van der Waals surface area contributed by atoms with E-state index in [2.05, 4.69) is 53.6 Å². The van der Waals surface area contributed by atoms with Crippen molar-refractivity contribution < 1.29 is 10.0 Å². The molecule has 2 N–H and O–H groups in total. The molecule has 4 aromatic carbocycles. The van der Waals surface area contributed by atoms with Gasteiger partial charge in [-0.25, -0.2) is 0 Å². The van der Waals surface area contributed by atoms with Crippen molar-refractivity contribution in [1.82, 2.24) is 4.57 Å². The minimum Gasteiger partial charge on any atom is -0.423 e. The minimum atomic E-state index is -1.47. The van der Waals surface area contributed by atoms with Crippen molar-refractivity contribution in [3.05, 3.63) is 97.6 Å². The zero-order chi connectivity index (χ0) is 20.4. The lowest BCUT2D eigenvalue weighted by atomic mass is 9.80. The summed E-state index contributed by atoms with van der Waals surface area (Å²) in [6.45, 7) is 5.25. The van der Waals surface area contributed by atoms with Gasteiger partial charge in [0.2, 0.25) is 0 Å². The van der Waals surface area contributed by atoms with Crippen molar-refractivity contribution >= 4 is 45.2 Å². The van der Waals surface area contributed by atoms with Crippen molar-refractivity contribution in [2.24, 2.45) is 0 Å². The Morgan fingerprint density at radius 1 is 0.759 bits per heavy atom. The van der Waals surface area contributed by atoms with Gasteiger partial charge in [0.25, 0.3) is 0 Å². The van der Waals surface area contributed by atoms with E-state index in [1.165, 1.54) is 10.8 Å². The summed E-state index contributed by atoms with van der Waals surface area (Å²) in [5.74, 6) is 0. The monoisotopic (exact) mass is 379 g/mol. The summed E-state index contributed by atoms with van der Waals surface area (Å²) in [6.07, 6.45) is 1.75. The zero-order valence-electron chi connectivity index (χ0n) is 16.3. The molecular formula is C25H22BNO2. The molecule has 0 saturated carbocycles. The van der Waals surface area contributed by atoms with Gasteiger partial charge in [-0.15, -0.1) is 6.58 Å². The lowest BCUT2D eigenvalue weighted by Crippen LogP contribution is -2.29. The first-order valence-corrected chi connectivity index (χ1v) is 9.59. The highest BCUT2D eigenvalue weighted by molar-refractivity contribution is 6.59. The van der Waals surface area contributed by atoms with Gasteiger partial charge in [-0.1, -0.05) is 66.7 Å². The van der Waals surface area contributed by atoms with Crippen LogP contribution in [0.3, 0.4) is 0 Å². The predicted molar refractivity (Wildman–Crippen MR) is 124 cm³/mol. The number of fused-ring (bicyclic) bond motifs is 4. The molecule has 29 heavy (non-hydrogen) atoms. The highest BCUT2D eigenvalue weighted by atomic mass is 16.4. The Morgan fingerprint density at radius 2 is 1.41 bits per heavy atom. The molecule has 0 fully saturated rings. The van der Waals surface area contributed by atoms with Crippen molar-refractivity contribution in [3.63, 3.8) is 0 Å². The molecule has 0 radical (unpaired) electrons. The van der Waals surface area contributed by atoms with Gasteiger partial charge < -0.3 is 14.6 Å². The molecule has 1 aromatic heterocycles. The first-order valence-electron chi connectivity index (χ1n) is 9.59. The van der Waals surface area contributed by atoms with E-state index >= 15 is 0 Å². The van der Waals surface area contributed by atoms with Crippen molar-refractivity contribution in [3.8, 4) is 5.69 Å². The van der Waals surface area contributed by atoms with E-state index in [1.54, 1.807) is 12.1 Å². The third-order valence-corrected chi connectivity index (χ3v) is 4.99. The normalized spacial score (nSPS) is 10.7. The molecule has 0 atom stereocenters. The number of rotatable bonds is 2. The average molecular weight is 379 g/mol. The highest BCUT2D eigenvalue weighted by Crippen LogP contribution is 2.32. The van der Waals surface area contributed by atoms with Crippen molar-refractivity contribution in [2.75, 3.05) is 0 Å². The highest BCUT2D eigenvalue weighted by Gasteiger charge is 2.16. The van der Waals surface area contributed by atoms with Gasteiger partial charge in [-0.2, -0.15) is 0 Å². The van der Waals surface area contributed by atoms with Gasteiger partial charge in [0.05, 0.1) is 11.0 Å².